The Kier molecular flexibility index (Phi) is 9.75. The van der Waals surface area contributed by atoms with Crippen molar-refractivity contribution in [1.29, 1.82) is 0 Å². The largest absolute Gasteiger partial charge is 4.00 e. The van der Waals surface area contributed by atoms with Gasteiger partial charge in [0.25, 0.3) is 0 Å². The van der Waals surface area contributed by atoms with Gasteiger partial charge >= 0.3 is 171 Å². The SMILES string of the molecule is CC1=C(C)C(C)[C-]=[C]1[PbH3].CC1=C(C)C(C)[C-]=[C]1[PbH3].[H-].[H-].[Hf+4]. The molecule has 0 saturated carbocycles. The minimum Gasteiger partial charge on any atom is -1.00 e. The van der Waals surface area contributed by atoms with Crippen molar-refractivity contribution in [2.75, 3.05) is 0 Å². The molecule has 0 heterocycles. The molecule has 0 aromatic rings. The predicted molar refractivity (Wildman–Crippen MR) is 90.7 cm³/mol. The van der Waals surface area contributed by atoms with Crippen LogP contribution in [-0.4, -0.2) is 51.5 Å². The third-order valence-corrected chi connectivity index (χ3v) is 12.5. The van der Waals surface area contributed by atoms with Crippen LogP contribution in [0.15, 0.2) is 28.6 Å². The quantitative estimate of drug-likeness (QED) is 0.261. The Labute approximate surface area is 172 Å². The van der Waals surface area contributed by atoms with Gasteiger partial charge in [0.15, 0.2) is 0 Å². The number of hydrogen-bond acceptors (Lipinski definition) is 0. The van der Waals surface area contributed by atoms with Crippen LogP contribution in [0.1, 0.15) is 44.4 Å². The molecule has 104 valence electrons. The van der Waals surface area contributed by atoms with E-state index in [1.165, 1.54) is 22.3 Å². The average molecular weight is 813 g/mol. The molecular weight excluding hydrogens is 785 g/mol. The first-order chi connectivity index (χ1) is 8.25. The van der Waals surface area contributed by atoms with Crippen LogP contribution in [0.4, 0.5) is 0 Å². The molecule has 0 bridgehead atoms. The Morgan fingerprint density at radius 3 is 1.11 bits per heavy atom. The van der Waals surface area contributed by atoms with E-state index >= 15 is 0 Å². The van der Waals surface area contributed by atoms with E-state index in [9.17, 15) is 0 Å². The molecule has 0 N–H and O–H groups in total. The maximum Gasteiger partial charge on any atom is 4.00 e. The van der Waals surface area contributed by atoms with Crippen molar-refractivity contribution in [2.45, 2.75) is 41.5 Å². The van der Waals surface area contributed by atoms with Gasteiger partial charge in [0.2, 0.25) is 0 Å². The van der Waals surface area contributed by atoms with E-state index in [4.69, 9.17) is 0 Å². The minimum atomic E-state index is 0. The molecular formula is C16H28HfPb2. The number of rotatable bonds is 0. The molecule has 0 aliphatic heterocycles. The fourth-order valence-electron chi connectivity index (χ4n) is 2.32. The van der Waals surface area contributed by atoms with Crippen LogP contribution >= 0.6 is 0 Å². The topological polar surface area (TPSA) is 0 Å². The van der Waals surface area contributed by atoms with Crippen molar-refractivity contribution < 1.29 is 28.7 Å². The minimum absolute atomic E-state index is 0. The molecule has 19 heavy (non-hydrogen) atoms. The summed E-state index contributed by atoms with van der Waals surface area (Å²) in [6, 6.07) is 0. The van der Waals surface area contributed by atoms with Gasteiger partial charge in [0.05, 0.1) is 0 Å². The first-order valence-corrected chi connectivity index (χ1v) is 14.6. The number of hydrogen-bond donors (Lipinski definition) is 0. The molecule has 0 saturated heterocycles. The molecule has 0 radical (unpaired) electrons. The summed E-state index contributed by atoms with van der Waals surface area (Å²) in [4.78, 5) is 0. The zero-order chi connectivity index (χ0) is 14.0. The molecule has 2 atom stereocenters. The monoisotopic (exact) mass is 816 g/mol. The summed E-state index contributed by atoms with van der Waals surface area (Å²) in [5.41, 5.74) is 6.13. The van der Waals surface area contributed by atoms with E-state index in [0.717, 1.165) is 0 Å². The van der Waals surface area contributed by atoms with Gasteiger partial charge < -0.3 is 2.85 Å². The third kappa shape index (κ3) is 5.42. The van der Waals surface area contributed by atoms with Crippen molar-refractivity contribution >= 4 is 51.5 Å². The molecule has 2 rings (SSSR count). The van der Waals surface area contributed by atoms with Crippen LogP contribution < -0.4 is 0 Å². The van der Waals surface area contributed by atoms with Crippen molar-refractivity contribution in [3.63, 3.8) is 0 Å². The number of allylic oxidation sites excluding steroid dienone is 8. The maximum atomic E-state index is 3.46. The second kappa shape index (κ2) is 8.96. The van der Waals surface area contributed by atoms with E-state index in [-0.39, 0.29) is 28.7 Å². The Morgan fingerprint density at radius 2 is 1.05 bits per heavy atom. The zero-order valence-electron chi connectivity index (χ0n) is 15.7. The Morgan fingerprint density at radius 1 is 0.789 bits per heavy atom. The van der Waals surface area contributed by atoms with E-state index < -0.39 is 0 Å². The van der Waals surface area contributed by atoms with Crippen LogP contribution in [0, 0.1) is 24.0 Å². The van der Waals surface area contributed by atoms with Crippen molar-refractivity contribution in [3.05, 3.63) is 40.7 Å². The van der Waals surface area contributed by atoms with Gasteiger partial charge in [0.1, 0.15) is 0 Å². The van der Waals surface area contributed by atoms with Gasteiger partial charge in [-0.1, -0.05) is 0 Å². The van der Waals surface area contributed by atoms with Gasteiger partial charge in [-0.15, -0.1) is 0 Å². The molecule has 2 aliphatic rings. The molecule has 2 aliphatic carbocycles. The summed E-state index contributed by atoms with van der Waals surface area (Å²) in [7, 11) is 0. The van der Waals surface area contributed by atoms with Crippen LogP contribution in [0.2, 0.25) is 0 Å². The fourth-order valence-corrected chi connectivity index (χ4v) is 8.76. The first-order valence-electron chi connectivity index (χ1n) is 6.81. The maximum absolute atomic E-state index is 3.46. The summed E-state index contributed by atoms with van der Waals surface area (Å²) >= 11 is 1.16. The molecule has 0 amide bonds. The molecule has 0 spiro atoms. The molecule has 0 fully saturated rings. The molecule has 2 unspecified atom stereocenters. The Balaban J connectivity index is -0.000000270. The van der Waals surface area contributed by atoms with Gasteiger partial charge in [-0.05, 0) is 0 Å². The van der Waals surface area contributed by atoms with Crippen LogP contribution in [0.25, 0.3) is 0 Å². The van der Waals surface area contributed by atoms with E-state index in [2.05, 4.69) is 53.7 Å². The van der Waals surface area contributed by atoms with Gasteiger partial charge in [0, 0.05) is 0 Å². The molecule has 0 aromatic carbocycles. The normalized spacial score (nSPS) is 26.0. The van der Waals surface area contributed by atoms with Crippen molar-refractivity contribution in [2.24, 2.45) is 11.8 Å². The smallest absolute Gasteiger partial charge is 1.00 e. The summed E-state index contributed by atoms with van der Waals surface area (Å²) < 4.78 is 3.11. The summed E-state index contributed by atoms with van der Waals surface area (Å²) in [6.07, 6.45) is 6.92. The van der Waals surface area contributed by atoms with Gasteiger partial charge in [-0.2, -0.15) is 0 Å². The second-order valence-corrected chi connectivity index (χ2v) is 13.4. The van der Waals surface area contributed by atoms with E-state index in [1.54, 1.807) is 6.26 Å². The fraction of sp³-hybridized carbons (Fsp3) is 0.500. The van der Waals surface area contributed by atoms with Gasteiger partial charge in [-0.25, -0.2) is 0 Å². The summed E-state index contributed by atoms with van der Waals surface area (Å²) in [6.45, 7) is 13.3. The molecule has 3 heteroatoms. The Hall–Kier alpha value is 1.67. The second-order valence-electron chi connectivity index (χ2n) is 5.60. The van der Waals surface area contributed by atoms with Crippen molar-refractivity contribution in [3.8, 4) is 0 Å². The standard InChI is InChI=1S/2C8H10.Hf.2Pb.8H/c2*1-6-4-5-7(2)8(6)3;;;;;;;;;;;/h2*6H,1-3H3;;;;;;;;;;;/q2*-1;+4;;;;;;;;;2*-1. The van der Waals surface area contributed by atoms with E-state index in [0.29, 0.717) is 63.4 Å². The first kappa shape index (κ1) is 20.7. The molecule has 0 nitrogen and oxygen atoms in total. The van der Waals surface area contributed by atoms with Crippen molar-refractivity contribution in [1.82, 2.24) is 0 Å². The van der Waals surface area contributed by atoms with E-state index in [1.807, 2.05) is 0 Å². The van der Waals surface area contributed by atoms with Gasteiger partial charge in [-0.3, -0.25) is 0 Å². The zero-order valence-corrected chi connectivity index (χ0v) is 32.8. The summed E-state index contributed by atoms with van der Waals surface area (Å²) in [5.74, 6) is 1.23. The molecule has 0 aromatic heterocycles. The summed E-state index contributed by atoms with van der Waals surface area (Å²) in [5, 5.41) is 0. The van der Waals surface area contributed by atoms with Crippen LogP contribution in [-0.2, 0) is 25.8 Å². The predicted octanol–water partition coefficient (Wildman–Crippen LogP) is 2.27. The Bertz CT molecular complexity index is 433. The van der Waals surface area contributed by atoms with Crippen LogP contribution in [0.5, 0.6) is 0 Å². The third-order valence-electron chi connectivity index (χ3n) is 4.47. The average Bonchev–Trinajstić information content (AvgIpc) is 2.66. The van der Waals surface area contributed by atoms with Crippen LogP contribution in [0.3, 0.4) is 0 Å².